The lowest BCUT2D eigenvalue weighted by Gasteiger charge is -1.99. The summed E-state index contributed by atoms with van der Waals surface area (Å²) in [5.74, 6) is 0. The fourth-order valence-electron chi connectivity index (χ4n) is 1.57. The smallest absolute Gasteiger partial charge is 0.134 e. The molecular formula is C12H12FNO. The minimum Gasteiger partial charge on any atom is -0.464 e. The predicted octanol–water partition coefficient (Wildman–Crippen LogP) is 2.79. The van der Waals surface area contributed by atoms with Gasteiger partial charge in [0.05, 0.1) is 12.6 Å². The molecule has 2 aromatic rings. The summed E-state index contributed by atoms with van der Waals surface area (Å²) in [7, 11) is 0. The molecule has 0 unspecified atom stereocenters. The van der Waals surface area contributed by atoms with Gasteiger partial charge in [-0.1, -0.05) is 18.2 Å². The van der Waals surface area contributed by atoms with Crippen molar-refractivity contribution in [3.8, 4) is 0 Å². The molecule has 0 aliphatic rings. The van der Waals surface area contributed by atoms with Gasteiger partial charge in [-0.15, -0.1) is 0 Å². The lowest BCUT2D eigenvalue weighted by atomic mass is 10.1. The van der Waals surface area contributed by atoms with Crippen molar-refractivity contribution in [2.45, 2.75) is 6.42 Å². The van der Waals surface area contributed by atoms with Gasteiger partial charge >= 0.3 is 0 Å². The van der Waals surface area contributed by atoms with Crippen LogP contribution in [0.5, 0.6) is 0 Å². The van der Waals surface area contributed by atoms with Gasteiger partial charge in [-0.3, -0.25) is 0 Å². The average Bonchev–Trinajstić information content (AvgIpc) is 2.69. The Hall–Kier alpha value is -1.61. The van der Waals surface area contributed by atoms with E-state index in [2.05, 4.69) is 0 Å². The second-order valence-corrected chi connectivity index (χ2v) is 3.41. The predicted molar refractivity (Wildman–Crippen MR) is 58.2 cm³/mol. The summed E-state index contributed by atoms with van der Waals surface area (Å²) in [6.45, 7) is 0.232. The van der Waals surface area contributed by atoms with Gasteiger partial charge in [-0.25, -0.2) is 4.39 Å². The Balaban J connectivity index is 2.36. The van der Waals surface area contributed by atoms with E-state index in [4.69, 9.17) is 10.2 Å². The van der Waals surface area contributed by atoms with E-state index in [-0.39, 0.29) is 6.54 Å². The Morgan fingerprint density at radius 3 is 2.93 bits per heavy atom. The number of hydrogen-bond acceptors (Lipinski definition) is 2. The Kier molecular flexibility index (Phi) is 2.83. The first-order chi connectivity index (χ1) is 7.35. The molecule has 3 heteroatoms. The maximum Gasteiger partial charge on any atom is 0.134 e. The maximum atomic E-state index is 12.4. The Morgan fingerprint density at radius 1 is 1.40 bits per heavy atom. The standard InChI is InChI=1S/C12H12FNO/c13-6-9(7-14)5-10-8-15-12-4-2-1-3-11(10)12/h1-4,6,8H,5,7,14H2/b9-6+. The summed E-state index contributed by atoms with van der Waals surface area (Å²) in [5.41, 5.74) is 7.77. The minimum atomic E-state index is 0.232. The number of halogens is 1. The molecule has 2 rings (SSSR count). The van der Waals surface area contributed by atoms with Crippen LogP contribution >= 0.6 is 0 Å². The quantitative estimate of drug-likeness (QED) is 0.836. The molecule has 78 valence electrons. The van der Waals surface area contributed by atoms with E-state index < -0.39 is 0 Å². The zero-order valence-corrected chi connectivity index (χ0v) is 8.24. The van der Waals surface area contributed by atoms with Crippen LogP contribution in [0.3, 0.4) is 0 Å². The third-order valence-corrected chi connectivity index (χ3v) is 2.40. The van der Waals surface area contributed by atoms with Crippen LogP contribution in [0.1, 0.15) is 5.56 Å². The molecule has 2 nitrogen and oxygen atoms in total. The zero-order valence-electron chi connectivity index (χ0n) is 8.24. The first-order valence-electron chi connectivity index (χ1n) is 4.78. The highest BCUT2D eigenvalue weighted by Crippen LogP contribution is 2.22. The number of para-hydroxylation sites is 1. The van der Waals surface area contributed by atoms with Gasteiger partial charge < -0.3 is 10.2 Å². The molecule has 1 aromatic heterocycles. The third-order valence-electron chi connectivity index (χ3n) is 2.40. The lowest BCUT2D eigenvalue weighted by Crippen LogP contribution is -2.04. The summed E-state index contributed by atoms with van der Waals surface area (Å²) < 4.78 is 17.7. The van der Waals surface area contributed by atoms with Crippen LogP contribution in [0.4, 0.5) is 4.39 Å². The summed E-state index contributed by atoms with van der Waals surface area (Å²) >= 11 is 0. The van der Waals surface area contributed by atoms with Crippen LogP contribution in [0.2, 0.25) is 0 Å². The van der Waals surface area contributed by atoms with E-state index in [1.165, 1.54) is 0 Å². The normalized spacial score (nSPS) is 12.3. The van der Waals surface area contributed by atoms with Gasteiger partial charge in [-0.05, 0) is 11.6 Å². The molecule has 0 aliphatic heterocycles. The second-order valence-electron chi connectivity index (χ2n) is 3.41. The highest BCUT2D eigenvalue weighted by atomic mass is 19.1. The van der Waals surface area contributed by atoms with Crippen molar-refractivity contribution in [3.63, 3.8) is 0 Å². The van der Waals surface area contributed by atoms with Crippen LogP contribution in [0.25, 0.3) is 11.0 Å². The van der Waals surface area contributed by atoms with Gasteiger partial charge in [0.1, 0.15) is 5.58 Å². The summed E-state index contributed by atoms with van der Waals surface area (Å²) in [6.07, 6.45) is 2.73. The van der Waals surface area contributed by atoms with Gasteiger partial charge in [0.25, 0.3) is 0 Å². The Labute approximate surface area is 87.2 Å². The number of fused-ring (bicyclic) bond motifs is 1. The number of nitrogens with two attached hydrogens (primary N) is 1. The summed E-state index contributed by atoms with van der Waals surface area (Å²) in [5, 5.41) is 1.02. The van der Waals surface area contributed by atoms with Gasteiger partial charge in [-0.2, -0.15) is 0 Å². The van der Waals surface area contributed by atoms with E-state index in [1.54, 1.807) is 6.26 Å². The van der Waals surface area contributed by atoms with Crippen LogP contribution in [-0.2, 0) is 6.42 Å². The molecule has 15 heavy (non-hydrogen) atoms. The number of rotatable bonds is 3. The molecule has 0 saturated heterocycles. The first kappa shape index (κ1) is 9.93. The monoisotopic (exact) mass is 205 g/mol. The van der Waals surface area contributed by atoms with Crippen LogP contribution in [0, 0.1) is 0 Å². The van der Waals surface area contributed by atoms with Crippen LogP contribution < -0.4 is 5.73 Å². The second kappa shape index (κ2) is 4.28. The van der Waals surface area contributed by atoms with Gasteiger partial charge in [0.2, 0.25) is 0 Å². The first-order valence-corrected chi connectivity index (χ1v) is 4.78. The van der Waals surface area contributed by atoms with Crippen molar-refractivity contribution in [1.29, 1.82) is 0 Å². The molecule has 2 N–H and O–H groups in total. The SMILES string of the molecule is NC/C(=C/F)Cc1coc2ccccc12. The number of hydrogen-bond donors (Lipinski definition) is 1. The molecule has 0 radical (unpaired) electrons. The minimum absolute atomic E-state index is 0.232. The third kappa shape index (κ3) is 1.92. The molecule has 0 aliphatic carbocycles. The average molecular weight is 205 g/mol. The molecule has 0 saturated carbocycles. The molecule has 0 atom stereocenters. The van der Waals surface area contributed by atoms with Crippen molar-refractivity contribution in [2.75, 3.05) is 6.54 Å². The van der Waals surface area contributed by atoms with E-state index in [0.29, 0.717) is 18.3 Å². The molecule has 1 aromatic carbocycles. The van der Waals surface area contributed by atoms with Crippen molar-refractivity contribution in [1.82, 2.24) is 0 Å². The van der Waals surface area contributed by atoms with Crippen molar-refractivity contribution in [2.24, 2.45) is 5.73 Å². The van der Waals surface area contributed by atoms with E-state index in [1.807, 2.05) is 24.3 Å². The molecule has 0 fully saturated rings. The van der Waals surface area contributed by atoms with Crippen molar-refractivity contribution < 1.29 is 8.81 Å². The molecular weight excluding hydrogens is 193 g/mol. The van der Waals surface area contributed by atoms with E-state index in [9.17, 15) is 4.39 Å². The van der Waals surface area contributed by atoms with E-state index in [0.717, 1.165) is 16.5 Å². The van der Waals surface area contributed by atoms with E-state index >= 15 is 0 Å². The highest BCUT2D eigenvalue weighted by Gasteiger charge is 2.06. The van der Waals surface area contributed by atoms with Gasteiger partial charge in [0.15, 0.2) is 0 Å². The maximum absolute atomic E-state index is 12.4. The van der Waals surface area contributed by atoms with Crippen molar-refractivity contribution >= 4 is 11.0 Å². The van der Waals surface area contributed by atoms with Crippen molar-refractivity contribution in [3.05, 3.63) is 48.0 Å². The molecule has 0 bridgehead atoms. The zero-order chi connectivity index (χ0) is 10.7. The van der Waals surface area contributed by atoms with Crippen LogP contribution in [-0.4, -0.2) is 6.54 Å². The highest BCUT2D eigenvalue weighted by molar-refractivity contribution is 5.81. The summed E-state index contributed by atoms with van der Waals surface area (Å²) in [6, 6.07) is 7.69. The Bertz CT molecular complexity index is 487. The van der Waals surface area contributed by atoms with Gasteiger partial charge in [0, 0.05) is 23.9 Å². The number of benzene rings is 1. The number of furan rings is 1. The summed E-state index contributed by atoms with van der Waals surface area (Å²) in [4.78, 5) is 0. The molecule has 0 amide bonds. The van der Waals surface area contributed by atoms with Crippen LogP contribution in [0.15, 0.2) is 46.8 Å². The molecule has 1 heterocycles. The fourth-order valence-corrected chi connectivity index (χ4v) is 1.57. The Morgan fingerprint density at radius 2 is 2.20 bits per heavy atom. The molecule has 0 spiro atoms. The largest absolute Gasteiger partial charge is 0.464 e. The fraction of sp³-hybridized carbons (Fsp3) is 0.167. The topological polar surface area (TPSA) is 39.2 Å². The lowest BCUT2D eigenvalue weighted by molar-refractivity contribution is 0.611.